The van der Waals surface area contributed by atoms with Gasteiger partial charge in [0.05, 0.1) is 38.9 Å². The molecule has 2 unspecified atom stereocenters. The fourth-order valence-electron chi connectivity index (χ4n) is 8.60. The lowest BCUT2D eigenvalue weighted by Crippen LogP contribution is -2.52. The van der Waals surface area contributed by atoms with Gasteiger partial charge in [-0.15, -0.1) is 11.3 Å². The Labute approximate surface area is 279 Å². The van der Waals surface area contributed by atoms with Crippen molar-refractivity contribution in [3.63, 3.8) is 0 Å². The highest BCUT2D eigenvalue weighted by Gasteiger charge is 2.49. The molecule has 244 valence electrons. The monoisotopic (exact) mass is 678 g/mol. The Morgan fingerprint density at radius 2 is 2.09 bits per heavy atom. The Hall–Kier alpha value is -3.50. The molecule has 9 nitrogen and oxygen atoms in total. The fraction of sp³-hybridized carbons (Fsp3) is 0.500. The summed E-state index contributed by atoms with van der Waals surface area (Å²) in [5, 5.41) is 10.7. The number of anilines is 2. The number of nitrogens with two attached hydrogens (primary N) is 1. The van der Waals surface area contributed by atoms with Gasteiger partial charge in [-0.3, -0.25) is 4.90 Å². The third kappa shape index (κ3) is 4.43. The van der Waals surface area contributed by atoms with Crippen molar-refractivity contribution in [3.8, 4) is 29.0 Å². The zero-order valence-electron chi connectivity index (χ0n) is 25.8. The van der Waals surface area contributed by atoms with Crippen LogP contribution in [0.4, 0.5) is 19.6 Å². The van der Waals surface area contributed by atoms with Gasteiger partial charge in [-0.2, -0.15) is 15.2 Å². The molecule has 4 fully saturated rings. The highest BCUT2D eigenvalue weighted by atomic mass is 35.5. The predicted molar refractivity (Wildman–Crippen MR) is 176 cm³/mol. The first-order valence-electron chi connectivity index (χ1n) is 16.3. The van der Waals surface area contributed by atoms with Gasteiger partial charge in [-0.05, 0) is 62.6 Å². The number of nitrogens with zero attached hydrogens (tertiary/aromatic N) is 5. The second kappa shape index (κ2) is 10.8. The third-order valence-corrected chi connectivity index (χ3v) is 12.1. The van der Waals surface area contributed by atoms with Gasteiger partial charge in [0.25, 0.3) is 0 Å². The Balaban J connectivity index is 1.28. The van der Waals surface area contributed by atoms with Crippen LogP contribution in [0.2, 0.25) is 5.02 Å². The molecule has 1 aliphatic carbocycles. The van der Waals surface area contributed by atoms with Crippen molar-refractivity contribution >= 4 is 54.7 Å². The van der Waals surface area contributed by atoms with Gasteiger partial charge in [0, 0.05) is 30.1 Å². The lowest BCUT2D eigenvalue weighted by molar-refractivity contribution is -0.00591. The van der Waals surface area contributed by atoms with Gasteiger partial charge in [0.2, 0.25) is 0 Å². The van der Waals surface area contributed by atoms with E-state index in [-0.39, 0.29) is 71.7 Å². The second-order valence-electron chi connectivity index (χ2n) is 13.7. The summed E-state index contributed by atoms with van der Waals surface area (Å²) >= 11 is 8.11. The van der Waals surface area contributed by atoms with Crippen LogP contribution in [0, 0.1) is 28.9 Å². The first-order chi connectivity index (χ1) is 22.8. The average Bonchev–Trinajstić information content (AvgIpc) is 3.65. The number of hydrogen-bond acceptors (Lipinski definition) is 10. The maximum atomic E-state index is 17.3. The lowest BCUT2D eigenvalue weighted by atomic mass is 9.92. The van der Waals surface area contributed by atoms with Crippen LogP contribution in [-0.4, -0.2) is 71.5 Å². The Morgan fingerprint density at radius 3 is 2.89 bits per heavy atom. The summed E-state index contributed by atoms with van der Waals surface area (Å²) in [6.45, 7) is 5.66. The Bertz CT molecular complexity index is 2020. The normalized spacial score (nSPS) is 27.0. The summed E-state index contributed by atoms with van der Waals surface area (Å²) in [5.41, 5.74) is 6.33. The van der Waals surface area contributed by atoms with Gasteiger partial charge in [0.1, 0.15) is 40.9 Å². The minimum absolute atomic E-state index is 0.00233. The SMILES string of the molecule is C[C@H]1CN2CCC[C@@]2(COc2nc3c4c(c(Cl)c(-c5ccc(F)c6sc(N)c(C#N)c56)c(F)c4n2)OC2COCCC2N3C2CC2)C1. The maximum Gasteiger partial charge on any atom is 0.319 e. The van der Waals surface area contributed by atoms with Gasteiger partial charge >= 0.3 is 6.01 Å². The van der Waals surface area contributed by atoms with Crippen molar-refractivity contribution in [1.82, 2.24) is 14.9 Å². The molecule has 1 saturated carbocycles. The summed E-state index contributed by atoms with van der Waals surface area (Å²) < 4.78 is 51.5. The van der Waals surface area contributed by atoms with Crippen LogP contribution in [-0.2, 0) is 4.74 Å². The molecule has 47 heavy (non-hydrogen) atoms. The van der Waals surface area contributed by atoms with E-state index in [2.05, 4.69) is 22.8 Å². The number of benzene rings is 2. The number of ether oxygens (including phenoxy) is 3. The zero-order valence-corrected chi connectivity index (χ0v) is 27.4. The molecule has 4 aliphatic heterocycles. The number of hydrogen-bond donors (Lipinski definition) is 1. The highest BCUT2D eigenvalue weighted by molar-refractivity contribution is 7.23. The molecule has 0 amide bonds. The van der Waals surface area contributed by atoms with Crippen molar-refractivity contribution in [2.75, 3.05) is 43.5 Å². The van der Waals surface area contributed by atoms with Crippen LogP contribution in [0.3, 0.4) is 0 Å². The summed E-state index contributed by atoms with van der Waals surface area (Å²) in [5.74, 6) is 0.0761. The smallest absolute Gasteiger partial charge is 0.319 e. The molecule has 6 heterocycles. The number of halogens is 3. The largest absolute Gasteiger partial charge is 0.483 e. The van der Waals surface area contributed by atoms with E-state index in [0.717, 1.165) is 56.5 Å². The van der Waals surface area contributed by atoms with Crippen molar-refractivity contribution in [2.24, 2.45) is 5.92 Å². The van der Waals surface area contributed by atoms with Crippen LogP contribution in [0.15, 0.2) is 12.1 Å². The van der Waals surface area contributed by atoms with Gasteiger partial charge in [-0.1, -0.05) is 24.6 Å². The first kappa shape index (κ1) is 29.6. The number of nitriles is 1. The van der Waals surface area contributed by atoms with Crippen molar-refractivity contribution in [3.05, 3.63) is 34.4 Å². The van der Waals surface area contributed by atoms with E-state index in [1.54, 1.807) is 0 Å². The quantitative estimate of drug-likeness (QED) is 0.248. The van der Waals surface area contributed by atoms with Crippen LogP contribution in [0.1, 0.15) is 51.0 Å². The minimum Gasteiger partial charge on any atom is -0.483 e. The Morgan fingerprint density at radius 1 is 1.23 bits per heavy atom. The van der Waals surface area contributed by atoms with E-state index >= 15 is 8.78 Å². The number of rotatable bonds is 5. The maximum absolute atomic E-state index is 17.3. The topological polar surface area (TPSA) is 110 Å². The number of thiophene rings is 1. The number of nitrogen functional groups attached to an aromatic ring is 1. The molecule has 3 saturated heterocycles. The number of aromatic nitrogens is 2. The molecule has 13 heteroatoms. The van der Waals surface area contributed by atoms with Gasteiger partial charge in [0.15, 0.2) is 11.6 Å². The van der Waals surface area contributed by atoms with Crippen molar-refractivity contribution in [1.29, 1.82) is 5.26 Å². The van der Waals surface area contributed by atoms with E-state index in [1.807, 2.05) is 0 Å². The molecular weight excluding hydrogens is 646 g/mol. The summed E-state index contributed by atoms with van der Waals surface area (Å²) in [4.78, 5) is 14.5. The summed E-state index contributed by atoms with van der Waals surface area (Å²) in [7, 11) is 0. The molecule has 5 aliphatic rings. The lowest BCUT2D eigenvalue weighted by Gasteiger charge is -2.38. The van der Waals surface area contributed by atoms with Crippen LogP contribution in [0.25, 0.3) is 32.1 Å². The summed E-state index contributed by atoms with van der Waals surface area (Å²) in [6.07, 6.45) is 5.45. The second-order valence-corrected chi connectivity index (χ2v) is 15.2. The van der Waals surface area contributed by atoms with Crippen LogP contribution in [0.5, 0.6) is 11.8 Å². The molecule has 2 N–H and O–H groups in total. The van der Waals surface area contributed by atoms with E-state index < -0.39 is 17.7 Å². The average molecular weight is 679 g/mol. The van der Waals surface area contributed by atoms with Gasteiger partial charge in [-0.25, -0.2) is 8.78 Å². The predicted octanol–water partition coefficient (Wildman–Crippen LogP) is 6.67. The molecule has 2 aromatic carbocycles. The van der Waals surface area contributed by atoms with Crippen LogP contribution < -0.4 is 20.1 Å². The van der Waals surface area contributed by atoms with Crippen LogP contribution >= 0.6 is 22.9 Å². The van der Waals surface area contributed by atoms with E-state index in [4.69, 9.17) is 41.5 Å². The van der Waals surface area contributed by atoms with Crippen molar-refractivity contribution in [2.45, 2.75) is 69.2 Å². The molecule has 4 atom stereocenters. The molecular formula is C34H33ClF2N6O3S. The fourth-order valence-corrected chi connectivity index (χ4v) is 9.87. The van der Waals surface area contributed by atoms with E-state index in [1.165, 1.54) is 12.1 Å². The highest BCUT2D eigenvalue weighted by Crippen LogP contribution is 2.53. The molecule has 4 aromatic rings. The summed E-state index contributed by atoms with van der Waals surface area (Å²) in [6, 6.07) is 4.99. The Kier molecular flexibility index (Phi) is 6.78. The van der Waals surface area contributed by atoms with E-state index in [9.17, 15) is 5.26 Å². The minimum atomic E-state index is -0.723. The van der Waals surface area contributed by atoms with Crippen molar-refractivity contribution < 1.29 is 23.0 Å². The molecule has 9 rings (SSSR count). The molecule has 2 aromatic heterocycles. The number of fused-ring (bicyclic) bond motifs is 3. The van der Waals surface area contributed by atoms with Gasteiger partial charge < -0.3 is 24.8 Å². The molecule has 0 bridgehead atoms. The standard InChI is InChI=1S/C34H33ClF2N6O3S/c1-16-11-34(8-2-9-42(34)13-16)15-45-33-40-28-25-29(46-22-14-44-10-7-21(22)43(17-3-4-17)32(25)41-33)26(35)24(27(28)37)18-5-6-20(36)30-23(18)19(12-38)31(39)47-30/h5-6,16-17,21-22H,2-4,7-11,13-15,39H2,1H3/t16-,21?,22?,34+/m1/s1. The molecule has 0 spiro atoms. The van der Waals surface area contributed by atoms with E-state index in [0.29, 0.717) is 43.4 Å². The zero-order chi connectivity index (χ0) is 32.2. The first-order valence-corrected chi connectivity index (χ1v) is 17.5. The molecule has 0 radical (unpaired) electrons. The third-order valence-electron chi connectivity index (χ3n) is 10.7.